The molecule has 1 aliphatic heterocycles. The number of ether oxygens (including phenoxy) is 1. The molecule has 1 aromatic rings. The number of carbonyl (C=O) groups excluding carboxylic acids is 1. The fraction of sp³-hybridized carbons (Fsp3) is 0.706. The smallest absolute Gasteiger partial charge is 0.236 e. The predicted molar refractivity (Wildman–Crippen MR) is 98.7 cm³/mol. The zero-order valence-electron chi connectivity index (χ0n) is 14.3. The largest absolute Gasteiger partial charge is 0.378 e. The van der Waals surface area contributed by atoms with Crippen LogP contribution in [0.2, 0.25) is 0 Å². The van der Waals surface area contributed by atoms with Crippen LogP contribution in [0, 0.1) is 5.92 Å². The average Bonchev–Trinajstić information content (AvgIpc) is 2.91. The Morgan fingerprint density at radius 2 is 2.17 bits per heavy atom. The summed E-state index contributed by atoms with van der Waals surface area (Å²) in [6, 6.07) is 2.08. The SMILES string of the molecule is CC(C)COC1CCN(CC(=O)N(C)Cc2cc(Br)cs2)CC1. The first-order chi connectivity index (χ1) is 10.9. The number of hydrogen-bond donors (Lipinski definition) is 0. The van der Waals surface area contributed by atoms with Crippen LogP contribution in [0.25, 0.3) is 0 Å². The maximum absolute atomic E-state index is 12.4. The van der Waals surface area contributed by atoms with Crippen molar-refractivity contribution in [3.63, 3.8) is 0 Å². The molecule has 0 spiro atoms. The van der Waals surface area contributed by atoms with Gasteiger partial charge in [-0.05, 0) is 40.8 Å². The van der Waals surface area contributed by atoms with Gasteiger partial charge >= 0.3 is 0 Å². The van der Waals surface area contributed by atoms with Gasteiger partial charge in [-0.1, -0.05) is 13.8 Å². The molecule has 0 radical (unpaired) electrons. The summed E-state index contributed by atoms with van der Waals surface area (Å²) in [4.78, 5) is 17.6. The molecule has 0 bridgehead atoms. The van der Waals surface area contributed by atoms with Crippen LogP contribution in [0.3, 0.4) is 0 Å². The fourth-order valence-electron chi connectivity index (χ4n) is 2.63. The van der Waals surface area contributed by atoms with Crippen molar-refractivity contribution in [2.45, 2.75) is 39.3 Å². The van der Waals surface area contributed by atoms with E-state index in [-0.39, 0.29) is 5.91 Å². The molecular formula is C17H27BrN2O2S. The molecule has 0 aromatic carbocycles. The number of rotatable bonds is 7. The zero-order chi connectivity index (χ0) is 16.8. The third-order valence-electron chi connectivity index (χ3n) is 4.00. The maximum atomic E-state index is 12.4. The van der Waals surface area contributed by atoms with E-state index in [0.29, 0.717) is 25.1 Å². The number of likely N-dealkylation sites (tertiary alicyclic amines) is 1. The highest BCUT2D eigenvalue weighted by molar-refractivity contribution is 9.10. The monoisotopic (exact) mass is 402 g/mol. The van der Waals surface area contributed by atoms with Gasteiger partial charge in [-0.15, -0.1) is 11.3 Å². The lowest BCUT2D eigenvalue weighted by Crippen LogP contribution is -2.43. The Bertz CT molecular complexity index is 499. The molecule has 1 amide bonds. The zero-order valence-corrected chi connectivity index (χ0v) is 16.7. The van der Waals surface area contributed by atoms with Crippen LogP contribution in [0.5, 0.6) is 0 Å². The van der Waals surface area contributed by atoms with Crippen LogP contribution >= 0.6 is 27.3 Å². The number of thiophene rings is 1. The first-order valence-corrected chi connectivity index (χ1v) is 9.92. The van der Waals surface area contributed by atoms with Crippen molar-refractivity contribution in [2.24, 2.45) is 5.92 Å². The van der Waals surface area contributed by atoms with E-state index in [0.717, 1.165) is 37.0 Å². The van der Waals surface area contributed by atoms with Gasteiger partial charge in [0.25, 0.3) is 0 Å². The molecular weight excluding hydrogens is 376 g/mol. The maximum Gasteiger partial charge on any atom is 0.236 e. The summed E-state index contributed by atoms with van der Waals surface area (Å²) in [7, 11) is 1.88. The van der Waals surface area contributed by atoms with Gasteiger partial charge in [-0.3, -0.25) is 9.69 Å². The first kappa shape index (κ1) is 18.9. The standard InChI is InChI=1S/C17H27BrN2O2S/c1-13(2)11-22-15-4-6-20(7-5-15)10-17(21)19(3)9-16-8-14(18)12-23-16/h8,12-13,15H,4-7,9-11H2,1-3H3. The summed E-state index contributed by atoms with van der Waals surface area (Å²) in [5, 5.41) is 2.05. The normalized spacial score (nSPS) is 16.9. The first-order valence-electron chi connectivity index (χ1n) is 8.25. The number of nitrogens with zero attached hydrogens (tertiary/aromatic N) is 2. The number of likely N-dealkylation sites (N-methyl/N-ethyl adjacent to an activating group) is 1. The molecule has 1 fully saturated rings. The molecule has 6 heteroatoms. The Balaban J connectivity index is 1.69. The molecule has 2 heterocycles. The molecule has 4 nitrogen and oxygen atoms in total. The summed E-state index contributed by atoms with van der Waals surface area (Å²) in [5.41, 5.74) is 0. The minimum atomic E-state index is 0.191. The Labute approximate surface area is 151 Å². The Morgan fingerprint density at radius 3 is 2.74 bits per heavy atom. The molecule has 1 aliphatic rings. The Hall–Kier alpha value is -0.430. The second kappa shape index (κ2) is 9.16. The van der Waals surface area contributed by atoms with Crippen molar-refractivity contribution in [3.05, 3.63) is 20.8 Å². The van der Waals surface area contributed by atoms with Crippen LogP contribution < -0.4 is 0 Å². The van der Waals surface area contributed by atoms with Crippen molar-refractivity contribution < 1.29 is 9.53 Å². The van der Waals surface area contributed by atoms with Crippen LogP contribution in [0.1, 0.15) is 31.6 Å². The van der Waals surface area contributed by atoms with Crippen molar-refractivity contribution >= 4 is 33.2 Å². The highest BCUT2D eigenvalue weighted by Gasteiger charge is 2.22. The lowest BCUT2D eigenvalue weighted by atomic mass is 10.1. The van der Waals surface area contributed by atoms with Gasteiger partial charge in [0.15, 0.2) is 0 Å². The number of hydrogen-bond acceptors (Lipinski definition) is 4. The summed E-state index contributed by atoms with van der Waals surface area (Å²) in [6.45, 7) is 8.29. The van der Waals surface area contributed by atoms with Gasteiger partial charge in [-0.25, -0.2) is 0 Å². The van der Waals surface area contributed by atoms with E-state index in [4.69, 9.17) is 4.74 Å². The van der Waals surface area contributed by atoms with Crippen molar-refractivity contribution in [3.8, 4) is 0 Å². The van der Waals surface area contributed by atoms with Gasteiger partial charge in [0.1, 0.15) is 0 Å². The highest BCUT2D eigenvalue weighted by Crippen LogP contribution is 2.21. The number of carbonyl (C=O) groups is 1. The second-order valence-electron chi connectivity index (χ2n) is 6.68. The third kappa shape index (κ3) is 6.53. The molecule has 0 N–H and O–H groups in total. The Morgan fingerprint density at radius 1 is 1.48 bits per heavy atom. The van der Waals surface area contributed by atoms with E-state index < -0.39 is 0 Å². The molecule has 0 unspecified atom stereocenters. The summed E-state index contributed by atoms with van der Waals surface area (Å²) in [5.74, 6) is 0.775. The predicted octanol–water partition coefficient (Wildman–Crippen LogP) is 3.61. The molecule has 23 heavy (non-hydrogen) atoms. The lowest BCUT2D eigenvalue weighted by Gasteiger charge is -2.32. The lowest BCUT2D eigenvalue weighted by molar-refractivity contribution is -0.132. The van der Waals surface area contributed by atoms with Crippen LogP contribution in [-0.4, -0.2) is 55.1 Å². The van der Waals surface area contributed by atoms with E-state index in [1.807, 2.05) is 11.9 Å². The highest BCUT2D eigenvalue weighted by atomic mass is 79.9. The van der Waals surface area contributed by atoms with Gasteiger partial charge in [0, 0.05) is 41.5 Å². The van der Waals surface area contributed by atoms with E-state index >= 15 is 0 Å². The van der Waals surface area contributed by atoms with Crippen molar-refractivity contribution in [1.82, 2.24) is 9.80 Å². The van der Waals surface area contributed by atoms with Crippen LogP contribution in [0.4, 0.5) is 0 Å². The van der Waals surface area contributed by atoms with Gasteiger partial charge in [0.05, 0.1) is 19.2 Å². The molecule has 1 aromatic heterocycles. The topological polar surface area (TPSA) is 32.8 Å². The summed E-state index contributed by atoms with van der Waals surface area (Å²) < 4.78 is 6.99. The van der Waals surface area contributed by atoms with Gasteiger partial charge < -0.3 is 9.64 Å². The fourth-order valence-corrected chi connectivity index (χ4v) is 4.14. The summed E-state index contributed by atoms with van der Waals surface area (Å²) >= 11 is 5.13. The number of halogens is 1. The third-order valence-corrected chi connectivity index (χ3v) is 5.68. The average molecular weight is 403 g/mol. The van der Waals surface area contributed by atoms with E-state index in [1.54, 1.807) is 11.3 Å². The molecule has 2 rings (SSSR count). The molecule has 0 saturated carbocycles. The molecule has 1 saturated heterocycles. The van der Waals surface area contributed by atoms with E-state index in [1.165, 1.54) is 4.88 Å². The van der Waals surface area contributed by atoms with Crippen LogP contribution in [0.15, 0.2) is 15.9 Å². The minimum absolute atomic E-state index is 0.191. The number of amides is 1. The molecule has 0 atom stereocenters. The van der Waals surface area contributed by atoms with E-state index in [9.17, 15) is 4.79 Å². The van der Waals surface area contributed by atoms with Crippen molar-refractivity contribution in [1.29, 1.82) is 0 Å². The molecule has 130 valence electrons. The van der Waals surface area contributed by atoms with Crippen LogP contribution in [-0.2, 0) is 16.1 Å². The van der Waals surface area contributed by atoms with Gasteiger partial charge in [0.2, 0.25) is 5.91 Å². The van der Waals surface area contributed by atoms with E-state index in [2.05, 4.69) is 46.1 Å². The summed E-state index contributed by atoms with van der Waals surface area (Å²) in [6.07, 6.45) is 2.42. The second-order valence-corrected chi connectivity index (χ2v) is 8.60. The number of piperidine rings is 1. The van der Waals surface area contributed by atoms with Gasteiger partial charge in [-0.2, -0.15) is 0 Å². The Kier molecular flexibility index (Phi) is 7.53. The van der Waals surface area contributed by atoms with Crippen molar-refractivity contribution in [2.75, 3.05) is 33.3 Å². The molecule has 0 aliphatic carbocycles. The minimum Gasteiger partial charge on any atom is -0.378 e. The quantitative estimate of drug-likeness (QED) is 0.698.